The van der Waals surface area contributed by atoms with Crippen molar-refractivity contribution in [2.45, 2.75) is 19.3 Å². The molecule has 0 saturated heterocycles. The predicted molar refractivity (Wildman–Crippen MR) is 101 cm³/mol. The van der Waals surface area contributed by atoms with Crippen molar-refractivity contribution in [3.63, 3.8) is 0 Å². The Morgan fingerprint density at radius 3 is 2.85 bits per heavy atom. The average molecular weight is 364 g/mol. The highest BCUT2D eigenvalue weighted by atomic mass is 32.1. The number of aromatic amines is 1. The van der Waals surface area contributed by atoms with Crippen molar-refractivity contribution in [2.24, 2.45) is 0 Å². The molecule has 4 aromatic rings. The molecule has 0 aliphatic heterocycles. The number of nitrogens with one attached hydrogen (secondary N) is 2. The molecule has 2 N–H and O–H groups in total. The van der Waals surface area contributed by atoms with Gasteiger partial charge in [-0.25, -0.2) is 4.98 Å². The summed E-state index contributed by atoms with van der Waals surface area (Å²) >= 11 is 1.31. The normalized spacial score (nSPS) is 10.9. The van der Waals surface area contributed by atoms with Gasteiger partial charge in [-0.1, -0.05) is 29.5 Å². The van der Waals surface area contributed by atoms with E-state index in [0.717, 1.165) is 29.0 Å². The van der Waals surface area contributed by atoms with E-state index in [4.69, 9.17) is 0 Å². The zero-order chi connectivity index (χ0) is 17.8. The Hall–Kier alpha value is -3.13. The minimum Gasteiger partial charge on any atom is -0.342 e. The molecule has 0 radical (unpaired) electrons. The van der Waals surface area contributed by atoms with Crippen molar-refractivity contribution in [1.82, 2.24) is 25.1 Å². The fourth-order valence-electron chi connectivity index (χ4n) is 2.59. The molecule has 8 heteroatoms. The molecule has 0 unspecified atom stereocenters. The van der Waals surface area contributed by atoms with Gasteiger partial charge >= 0.3 is 0 Å². The van der Waals surface area contributed by atoms with E-state index >= 15 is 0 Å². The number of para-hydroxylation sites is 2. The molecule has 26 heavy (non-hydrogen) atoms. The quantitative estimate of drug-likeness (QED) is 0.546. The second-order valence-corrected chi connectivity index (χ2v) is 6.71. The van der Waals surface area contributed by atoms with Crippen molar-refractivity contribution in [3.8, 4) is 10.7 Å². The van der Waals surface area contributed by atoms with Gasteiger partial charge in [0.1, 0.15) is 11.5 Å². The topological polar surface area (TPSA) is 96.5 Å². The molecule has 1 aromatic carbocycles. The van der Waals surface area contributed by atoms with Crippen molar-refractivity contribution in [1.29, 1.82) is 0 Å². The van der Waals surface area contributed by atoms with Gasteiger partial charge in [0.2, 0.25) is 11.0 Å². The minimum atomic E-state index is -0.0789. The van der Waals surface area contributed by atoms with Gasteiger partial charge in [0.15, 0.2) is 5.01 Å². The Morgan fingerprint density at radius 1 is 1.12 bits per heavy atom. The number of hydrogen-bond donors (Lipinski definition) is 2. The van der Waals surface area contributed by atoms with E-state index in [1.165, 1.54) is 11.3 Å². The van der Waals surface area contributed by atoms with E-state index in [-0.39, 0.29) is 5.91 Å². The molecule has 0 atom stereocenters. The lowest BCUT2D eigenvalue weighted by Gasteiger charge is -2.00. The van der Waals surface area contributed by atoms with Crippen LogP contribution in [0.5, 0.6) is 0 Å². The molecule has 1 amide bonds. The van der Waals surface area contributed by atoms with Crippen molar-refractivity contribution < 1.29 is 4.79 Å². The largest absolute Gasteiger partial charge is 0.342 e. The Labute approximate surface area is 153 Å². The van der Waals surface area contributed by atoms with Crippen molar-refractivity contribution in [2.75, 3.05) is 5.32 Å². The molecule has 0 aliphatic carbocycles. The van der Waals surface area contributed by atoms with E-state index in [1.54, 1.807) is 6.20 Å². The zero-order valence-electron chi connectivity index (χ0n) is 13.8. The molecule has 3 aromatic heterocycles. The maximum atomic E-state index is 12.1. The molecule has 3 heterocycles. The highest BCUT2D eigenvalue weighted by molar-refractivity contribution is 7.18. The lowest BCUT2D eigenvalue weighted by molar-refractivity contribution is -0.116. The lowest BCUT2D eigenvalue weighted by Crippen LogP contribution is -2.11. The fourth-order valence-corrected chi connectivity index (χ4v) is 3.33. The minimum absolute atomic E-state index is 0.0789. The van der Waals surface area contributed by atoms with Crippen LogP contribution in [0.15, 0.2) is 48.7 Å². The Bertz CT molecular complexity index is 993. The number of carbonyl (C=O) groups excluding carboxylic acids is 1. The summed E-state index contributed by atoms with van der Waals surface area (Å²) in [6.07, 6.45) is 3.53. The van der Waals surface area contributed by atoms with Crippen LogP contribution in [0.1, 0.15) is 18.7 Å². The van der Waals surface area contributed by atoms with Crippen LogP contribution in [-0.4, -0.2) is 31.1 Å². The van der Waals surface area contributed by atoms with Crippen LogP contribution in [0, 0.1) is 0 Å². The first-order valence-electron chi connectivity index (χ1n) is 8.26. The summed E-state index contributed by atoms with van der Waals surface area (Å²) < 4.78 is 0. The van der Waals surface area contributed by atoms with Crippen LogP contribution < -0.4 is 5.32 Å². The van der Waals surface area contributed by atoms with Gasteiger partial charge in [0, 0.05) is 19.0 Å². The van der Waals surface area contributed by atoms with Crippen molar-refractivity contribution in [3.05, 3.63) is 54.5 Å². The molecular formula is C18H16N6OS. The van der Waals surface area contributed by atoms with Gasteiger partial charge in [0.25, 0.3) is 0 Å². The van der Waals surface area contributed by atoms with Gasteiger partial charge in [-0.2, -0.15) is 0 Å². The van der Waals surface area contributed by atoms with Gasteiger partial charge in [-0.05, 0) is 30.7 Å². The van der Waals surface area contributed by atoms with E-state index in [1.807, 2.05) is 42.5 Å². The monoisotopic (exact) mass is 364 g/mol. The van der Waals surface area contributed by atoms with E-state index in [0.29, 0.717) is 23.0 Å². The van der Waals surface area contributed by atoms with Gasteiger partial charge in [-0.3, -0.25) is 9.78 Å². The molecule has 0 saturated carbocycles. The summed E-state index contributed by atoms with van der Waals surface area (Å²) in [4.78, 5) is 24.1. The molecule has 0 spiro atoms. The molecule has 4 rings (SSSR count). The third kappa shape index (κ3) is 3.75. The lowest BCUT2D eigenvalue weighted by atomic mass is 10.2. The number of fused-ring (bicyclic) bond motifs is 1. The predicted octanol–water partition coefficient (Wildman–Crippen LogP) is 3.44. The molecule has 0 fully saturated rings. The number of nitrogens with zero attached hydrogens (tertiary/aromatic N) is 4. The number of anilines is 1. The average Bonchev–Trinajstić information content (AvgIpc) is 3.29. The number of carbonyl (C=O) groups is 1. The van der Waals surface area contributed by atoms with Crippen LogP contribution in [0.2, 0.25) is 0 Å². The SMILES string of the molecule is O=C(CCCc1nc2ccccc2[nH]1)Nc1nnc(-c2ccccn2)s1. The molecule has 130 valence electrons. The summed E-state index contributed by atoms with van der Waals surface area (Å²) in [6, 6.07) is 13.5. The Kier molecular flexibility index (Phi) is 4.65. The van der Waals surface area contributed by atoms with Crippen LogP contribution in [0.3, 0.4) is 0 Å². The van der Waals surface area contributed by atoms with E-state index < -0.39 is 0 Å². The first-order valence-corrected chi connectivity index (χ1v) is 9.08. The highest BCUT2D eigenvalue weighted by Gasteiger charge is 2.10. The number of benzene rings is 1. The number of pyridine rings is 1. The van der Waals surface area contributed by atoms with Crippen LogP contribution in [0.4, 0.5) is 5.13 Å². The summed E-state index contributed by atoms with van der Waals surface area (Å²) in [5.41, 5.74) is 2.71. The van der Waals surface area contributed by atoms with Gasteiger partial charge in [-0.15, -0.1) is 10.2 Å². The highest BCUT2D eigenvalue weighted by Crippen LogP contribution is 2.24. The maximum Gasteiger partial charge on any atom is 0.226 e. The van der Waals surface area contributed by atoms with Gasteiger partial charge in [0.05, 0.1) is 11.0 Å². The second-order valence-electron chi connectivity index (χ2n) is 5.73. The molecule has 0 bridgehead atoms. The number of H-pyrrole nitrogens is 1. The standard InChI is InChI=1S/C18H16N6OS/c25-16(10-5-9-15-20-12-6-1-2-7-13(12)21-15)22-18-24-23-17(26-18)14-8-3-4-11-19-14/h1-4,6-8,11H,5,9-10H2,(H,20,21)(H,22,24,25). The number of hydrogen-bond acceptors (Lipinski definition) is 6. The third-order valence-electron chi connectivity index (χ3n) is 3.81. The fraction of sp³-hybridized carbons (Fsp3) is 0.167. The number of aromatic nitrogens is 5. The van der Waals surface area contributed by atoms with Crippen LogP contribution in [0.25, 0.3) is 21.7 Å². The number of imidazole rings is 1. The first kappa shape index (κ1) is 16.3. The summed E-state index contributed by atoms with van der Waals surface area (Å²) in [6.45, 7) is 0. The summed E-state index contributed by atoms with van der Waals surface area (Å²) in [5, 5.41) is 12.0. The first-order chi connectivity index (χ1) is 12.8. The number of rotatable bonds is 6. The van der Waals surface area contributed by atoms with E-state index in [2.05, 4.69) is 30.5 Å². The molecular weight excluding hydrogens is 348 g/mol. The molecule has 7 nitrogen and oxygen atoms in total. The van der Waals surface area contributed by atoms with Crippen molar-refractivity contribution >= 4 is 33.4 Å². The smallest absolute Gasteiger partial charge is 0.226 e. The number of amides is 1. The summed E-state index contributed by atoms with van der Waals surface area (Å²) in [7, 11) is 0. The van der Waals surface area contributed by atoms with Gasteiger partial charge < -0.3 is 10.3 Å². The van der Waals surface area contributed by atoms with Crippen LogP contribution >= 0.6 is 11.3 Å². The second kappa shape index (κ2) is 7.40. The van der Waals surface area contributed by atoms with E-state index in [9.17, 15) is 4.79 Å². The Morgan fingerprint density at radius 2 is 2.00 bits per heavy atom. The number of aryl methyl sites for hydroxylation is 1. The third-order valence-corrected chi connectivity index (χ3v) is 4.67. The summed E-state index contributed by atoms with van der Waals surface area (Å²) in [5.74, 6) is 0.817. The maximum absolute atomic E-state index is 12.1. The zero-order valence-corrected chi connectivity index (χ0v) is 14.7. The van der Waals surface area contributed by atoms with Crippen LogP contribution in [-0.2, 0) is 11.2 Å². The Balaban J connectivity index is 1.29. The molecule has 0 aliphatic rings.